The highest BCUT2D eigenvalue weighted by molar-refractivity contribution is 5.87. The lowest BCUT2D eigenvalue weighted by atomic mass is 10.1. The number of esters is 1. The van der Waals surface area contributed by atoms with Gasteiger partial charge >= 0.3 is 5.97 Å². The number of carbonyl (C=O) groups is 2. The summed E-state index contributed by atoms with van der Waals surface area (Å²) in [5.41, 5.74) is 1.03. The number of nitrogens with one attached hydrogen (secondary N) is 2. The number of aromatic amines is 1. The van der Waals surface area contributed by atoms with Crippen LogP contribution in [0.15, 0.2) is 59.4 Å². The second-order valence-corrected chi connectivity index (χ2v) is 6.08. The van der Waals surface area contributed by atoms with Crippen LogP contribution in [0.1, 0.15) is 24.2 Å². The van der Waals surface area contributed by atoms with E-state index in [1.165, 1.54) is 0 Å². The third-order valence-corrected chi connectivity index (χ3v) is 4.13. The summed E-state index contributed by atoms with van der Waals surface area (Å²) in [7, 11) is 0. The van der Waals surface area contributed by atoms with Crippen LogP contribution in [0, 0.1) is 0 Å². The van der Waals surface area contributed by atoms with Crippen LogP contribution in [-0.4, -0.2) is 28.7 Å². The maximum absolute atomic E-state index is 12.1. The number of nitrogens with zero attached hydrogens (tertiary/aromatic N) is 1. The van der Waals surface area contributed by atoms with E-state index in [9.17, 15) is 14.4 Å². The molecular formula is C20H19N3O4. The first-order chi connectivity index (χ1) is 13.0. The van der Waals surface area contributed by atoms with Gasteiger partial charge < -0.3 is 10.1 Å². The van der Waals surface area contributed by atoms with Crippen LogP contribution in [0.4, 0.5) is 0 Å². The average molecular weight is 365 g/mol. The zero-order valence-electron chi connectivity index (χ0n) is 14.8. The van der Waals surface area contributed by atoms with Crippen LogP contribution in [0.25, 0.3) is 10.8 Å². The second-order valence-electron chi connectivity index (χ2n) is 6.08. The van der Waals surface area contributed by atoms with E-state index in [4.69, 9.17) is 4.74 Å². The Hall–Kier alpha value is -3.48. The molecule has 1 atom stereocenters. The summed E-state index contributed by atoms with van der Waals surface area (Å²) in [6, 6.07) is 16.2. The molecule has 0 fully saturated rings. The number of carbonyl (C=O) groups excluding carboxylic acids is 2. The van der Waals surface area contributed by atoms with Crippen LogP contribution in [0.5, 0.6) is 0 Å². The summed E-state index contributed by atoms with van der Waals surface area (Å²) >= 11 is 0. The Bertz CT molecular complexity index is 1010. The van der Waals surface area contributed by atoms with Gasteiger partial charge in [0.15, 0.2) is 6.61 Å². The first-order valence-electron chi connectivity index (χ1n) is 8.51. The van der Waals surface area contributed by atoms with E-state index in [2.05, 4.69) is 15.5 Å². The molecule has 2 N–H and O–H groups in total. The maximum Gasteiger partial charge on any atom is 0.312 e. The van der Waals surface area contributed by atoms with Crippen molar-refractivity contribution in [3.8, 4) is 0 Å². The van der Waals surface area contributed by atoms with E-state index in [1.54, 1.807) is 24.3 Å². The fourth-order valence-electron chi connectivity index (χ4n) is 2.75. The fraction of sp³-hybridized carbons (Fsp3) is 0.200. The Labute approximate surface area is 155 Å². The highest BCUT2D eigenvalue weighted by Gasteiger charge is 2.14. The third-order valence-electron chi connectivity index (χ3n) is 4.13. The number of aromatic nitrogens is 2. The minimum atomic E-state index is -0.595. The highest BCUT2D eigenvalue weighted by Crippen LogP contribution is 2.13. The van der Waals surface area contributed by atoms with Crippen molar-refractivity contribution >= 4 is 22.6 Å². The summed E-state index contributed by atoms with van der Waals surface area (Å²) in [4.78, 5) is 35.8. The Morgan fingerprint density at radius 2 is 1.74 bits per heavy atom. The molecule has 0 saturated heterocycles. The fourth-order valence-corrected chi connectivity index (χ4v) is 2.75. The van der Waals surface area contributed by atoms with E-state index < -0.39 is 5.97 Å². The number of H-pyrrole nitrogens is 1. The molecule has 138 valence electrons. The third kappa shape index (κ3) is 4.58. The lowest BCUT2D eigenvalue weighted by molar-refractivity contribution is -0.148. The van der Waals surface area contributed by atoms with Crippen molar-refractivity contribution in [3.63, 3.8) is 0 Å². The summed E-state index contributed by atoms with van der Waals surface area (Å²) in [5, 5.41) is 10.1. The molecule has 0 aliphatic rings. The van der Waals surface area contributed by atoms with Gasteiger partial charge in [0.1, 0.15) is 0 Å². The molecule has 27 heavy (non-hydrogen) atoms. The molecule has 0 radical (unpaired) electrons. The highest BCUT2D eigenvalue weighted by atomic mass is 16.5. The first kappa shape index (κ1) is 18.3. The first-order valence-corrected chi connectivity index (χ1v) is 8.51. The predicted octanol–water partition coefficient (Wildman–Crippen LogP) is 1.89. The van der Waals surface area contributed by atoms with Crippen molar-refractivity contribution in [3.05, 3.63) is 76.2 Å². The molecule has 0 spiro atoms. The van der Waals surface area contributed by atoms with Crippen LogP contribution in [-0.2, 0) is 20.7 Å². The van der Waals surface area contributed by atoms with Gasteiger partial charge in [-0.15, -0.1) is 0 Å². The van der Waals surface area contributed by atoms with Crippen molar-refractivity contribution in [1.82, 2.24) is 15.5 Å². The molecule has 0 aliphatic heterocycles. The second kappa shape index (κ2) is 8.27. The maximum atomic E-state index is 12.1. The Morgan fingerprint density at radius 3 is 2.48 bits per heavy atom. The van der Waals surface area contributed by atoms with Gasteiger partial charge in [0.05, 0.1) is 23.5 Å². The molecule has 1 heterocycles. The lowest BCUT2D eigenvalue weighted by Crippen LogP contribution is -2.31. The van der Waals surface area contributed by atoms with Gasteiger partial charge in [0, 0.05) is 5.39 Å². The molecule has 3 rings (SSSR count). The Balaban J connectivity index is 1.57. The molecule has 0 aliphatic carbocycles. The van der Waals surface area contributed by atoms with E-state index in [0.717, 1.165) is 5.56 Å². The number of hydrogen-bond acceptors (Lipinski definition) is 5. The topological polar surface area (TPSA) is 101 Å². The van der Waals surface area contributed by atoms with E-state index >= 15 is 0 Å². The molecule has 7 nitrogen and oxygen atoms in total. The summed E-state index contributed by atoms with van der Waals surface area (Å²) in [5.74, 6) is -0.985. The van der Waals surface area contributed by atoms with Gasteiger partial charge in [-0.1, -0.05) is 48.5 Å². The SMILES string of the molecule is C[C@H](NC(=O)COC(=O)Cc1n[nH]c(=O)c2ccccc12)c1ccccc1. The quantitative estimate of drug-likeness (QED) is 0.650. The smallest absolute Gasteiger partial charge is 0.312 e. The molecule has 2 aromatic carbocycles. The molecule has 1 amide bonds. The number of amides is 1. The van der Waals surface area contributed by atoms with Gasteiger partial charge in [-0.25, -0.2) is 5.10 Å². The molecule has 0 saturated carbocycles. The van der Waals surface area contributed by atoms with Gasteiger partial charge in [0.25, 0.3) is 11.5 Å². The minimum Gasteiger partial charge on any atom is -0.455 e. The minimum absolute atomic E-state index is 0.140. The van der Waals surface area contributed by atoms with Crippen molar-refractivity contribution in [2.75, 3.05) is 6.61 Å². The summed E-state index contributed by atoms with van der Waals surface area (Å²) in [6.07, 6.45) is -0.140. The molecule has 0 unspecified atom stereocenters. The standard InChI is InChI=1S/C20H19N3O4/c1-13(14-7-3-2-4-8-14)21-18(24)12-27-19(25)11-17-15-9-5-6-10-16(15)20(26)23-22-17/h2-10,13H,11-12H2,1H3,(H,21,24)(H,23,26)/t13-/m0/s1. The monoisotopic (exact) mass is 365 g/mol. The van der Waals surface area contributed by atoms with Crippen LogP contribution in [0.2, 0.25) is 0 Å². The molecule has 0 bridgehead atoms. The number of benzene rings is 2. The average Bonchev–Trinajstić information content (AvgIpc) is 2.69. The van der Waals surface area contributed by atoms with E-state index in [-0.39, 0.29) is 30.5 Å². The van der Waals surface area contributed by atoms with Crippen LogP contribution >= 0.6 is 0 Å². The lowest BCUT2D eigenvalue weighted by Gasteiger charge is -2.14. The van der Waals surface area contributed by atoms with Crippen molar-refractivity contribution in [2.24, 2.45) is 0 Å². The number of rotatable bonds is 6. The van der Waals surface area contributed by atoms with E-state index in [0.29, 0.717) is 16.5 Å². The number of hydrogen-bond donors (Lipinski definition) is 2. The van der Waals surface area contributed by atoms with Crippen LogP contribution in [0.3, 0.4) is 0 Å². The van der Waals surface area contributed by atoms with Gasteiger partial charge in [-0.05, 0) is 18.6 Å². The van der Waals surface area contributed by atoms with Gasteiger partial charge in [-0.3, -0.25) is 14.4 Å². The van der Waals surface area contributed by atoms with Gasteiger partial charge in [0.2, 0.25) is 0 Å². The molecule has 1 aromatic heterocycles. The van der Waals surface area contributed by atoms with Crippen molar-refractivity contribution in [1.29, 1.82) is 0 Å². The van der Waals surface area contributed by atoms with Crippen molar-refractivity contribution in [2.45, 2.75) is 19.4 Å². The normalized spacial score (nSPS) is 11.7. The zero-order valence-corrected chi connectivity index (χ0v) is 14.8. The largest absolute Gasteiger partial charge is 0.455 e. The molecule has 3 aromatic rings. The predicted molar refractivity (Wildman–Crippen MR) is 100 cm³/mol. The summed E-state index contributed by atoms with van der Waals surface area (Å²) < 4.78 is 5.04. The molecule has 7 heteroatoms. The van der Waals surface area contributed by atoms with Crippen LogP contribution < -0.4 is 10.9 Å². The summed E-state index contributed by atoms with van der Waals surface area (Å²) in [6.45, 7) is 1.47. The Morgan fingerprint density at radius 1 is 1.07 bits per heavy atom. The van der Waals surface area contributed by atoms with Crippen molar-refractivity contribution < 1.29 is 14.3 Å². The zero-order chi connectivity index (χ0) is 19.2. The number of ether oxygens (including phenoxy) is 1. The van der Waals surface area contributed by atoms with Gasteiger partial charge in [-0.2, -0.15) is 5.10 Å². The molecular weight excluding hydrogens is 346 g/mol. The number of fused-ring (bicyclic) bond motifs is 1. The Kier molecular flexibility index (Phi) is 5.61. The van der Waals surface area contributed by atoms with E-state index in [1.807, 2.05) is 37.3 Å².